The van der Waals surface area contributed by atoms with Crippen LogP contribution in [0, 0.1) is 10.1 Å². The number of hydrogen-bond acceptors (Lipinski definition) is 5. The summed E-state index contributed by atoms with van der Waals surface area (Å²) in [6.45, 7) is 0.638. The number of amides is 1. The van der Waals surface area contributed by atoms with Gasteiger partial charge in [-0.05, 0) is 35.9 Å². The van der Waals surface area contributed by atoms with Crippen LogP contribution in [0.4, 0.5) is 5.69 Å². The van der Waals surface area contributed by atoms with E-state index in [-0.39, 0.29) is 11.6 Å². The molecule has 0 heterocycles. The molecule has 2 rings (SSSR count). The van der Waals surface area contributed by atoms with Gasteiger partial charge in [0, 0.05) is 18.2 Å². The molecule has 1 amide bonds. The maximum Gasteiger partial charge on any atom is 0.269 e. The summed E-state index contributed by atoms with van der Waals surface area (Å²) in [6, 6.07) is 13.2. The molecule has 0 spiro atoms. The standard InChI is InChI=1S/C18H18N2O5/c1-24-16-4-2-3-5-17(16)25-13-12-19-18(21)11-8-14-6-9-15(10-7-14)20(22)23/h2-11H,12-13H2,1H3,(H,19,21). The molecule has 0 atom stereocenters. The van der Waals surface area contributed by atoms with Crippen molar-refractivity contribution in [1.82, 2.24) is 5.32 Å². The maximum absolute atomic E-state index is 11.7. The van der Waals surface area contributed by atoms with Crippen LogP contribution in [0.25, 0.3) is 6.08 Å². The second-order valence-electron chi connectivity index (χ2n) is 4.97. The summed E-state index contributed by atoms with van der Waals surface area (Å²) < 4.78 is 10.7. The zero-order chi connectivity index (χ0) is 18.1. The second kappa shape index (κ2) is 9.07. The Balaban J connectivity index is 1.76. The van der Waals surface area contributed by atoms with Gasteiger partial charge in [-0.15, -0.1) is 0 Å². The second-order valence-corrected chi connectivity index (χ2v) is 4.97. The highest BCUT2D eigenvalue weighted by Gasteiger charge is 2.04. The van der Waals surface area contributed by atoms with Gasteiger partial charge in [0.05, 0.1) is 18.6 Å². The van der Waals surface area contributed by atoms with Crippen LogP contribution in [0.15, 0.2) is 54.6 Å². The minimum absolute atomic E-state index is 0.00934. The van der Waals surface area contributed by atoms with Gasteiger partial charge in [0.1, 0.15) is 6.61 Å². The summed E-state index contributed by atoms with van der Waals surface area (Å²) in [7, 11) is 1.56. The Morgan fingerprint density at radius 1 is 1.16 bits per heavy atom. The Bertz CT molecular complexity index is 756. The average Bonchev–Trinajstić information content (AvgIpc) is 2.64. The summed E-state index contributed by atoms with van der Waals surface area (Å²) in [5.74, 6) is 0.967. The number of nitro benzene ring substituents is 1. The van der Waals surface area contributed by atoms with Crippen molar-refractivity contribution >= 4 is 17.7 Å². The minimum Gasteiger partial charge on any atom is -0.493 e. The van der Waals surface area contributed by atoms with E-state index in [2.05, 4.69) is 5.32 Å². The van der Waals surface area contributed by atoms with Gasteiger partial charge in [0.15, 0.2) is 11.5 Å². The number of nitrogens with zero attached hydrogens (tertiary/aromatic N) is 1. The third-order valence-electron chi connectivity index (χ3n) is 3.26. The van der Waals surface area contributed by atoms with Crippen molar-refractivity contribution in [2.75, 3.05) is 20.3 Å². The minimum atomic E-state index is -0.470. The number of rotatable bonds is 8. The summed E-state index contributed by atoms with van der Waals surface area (Å²) in [5.41, 5.74) is 0.709. The van der Waals surface area contributed by atoms with Gasteiger partial charge in [0.25, 0.3) is 5.69 Å². The maximum atomic E-state index is 11.7. The monoisotopic (exact) mass is 342 g/mol. The predicted octanol–water partition coefficient (Wildman–Crippen LogP) is 2.81. The van der Waals surface area contributed by atoms with Crippen LogP contribution >= 0.6 is 0 Å². The largest absolute Gasteiger partial charge is 0.493 e. The Hall–Kier alpha value is -3.35. The molecule has 0 unspecified atom stereocenters. The van der Waals surface area contributed by atoms with Gasteiger partial charge in [-0.1, -0.05) is 12.1 Å². The molecule has 0 radical (unpaired) electrons. The van der Waals surface area contributed by atoms with E-state index in [1.165, 1.54) is 18.2 Å². The molecular weight excluding hydrogens is 324 g/mol. The molecule has 130 valence electrons. The number of nitro groups is 1. The van der Waals surface area contributed by atoms with Crippen LogP contribution in [0.3, 0.4) is 0 Å². The molecule has 0 aliphatic carbocycles. The molecule has 0 aliphatic rings. The molecule has 0 fully saturated rings. The number of ether oxygens (including phenoxy) is 2. The highest BCUT2D eigenvalue weighted by molar-refractivity contribution is 5.91. The van der Waals surface area contributed by atoms with E-state index >= 15 is 0 Å². The summed E-state index contributed by atoms with van der Waals surface area (Å²) in [5, 5.41) is 13.3. The van der Waals surface area contributed by atoms with Crippen molar-refractivity contribution in [3.8, 4) is 11.5 Å². The average molecular weight is 342 g/mol. The highest BCUT2D eigenvalue weighted by Crippen LogP contribution is 2.25. The van der Waals surface area contributed by atoms with Crippen molar-refractivity contribution in [3.05, 3.63) is 70.3 Å². The van der Waals surface area contributed by atoms with Gasteiger partial charge in [-0.3, -0.25) is 14.9 Å². The molecule has 0 aliphatic heterocycles. The molecule has 0 saturated heterocycles. The lowest BCUT2D eigenvalue weighted by atomic mass is 10.2. The lowest BCUT2D eigenvalue weighted by molar-refractivity contribution is -0.384. The number of nitrogens with one attached hydrogen (secondary N) is 1. The molecule has 0 bridgehead atoms. The molecule has 2 aromatic carbocycles. The number of benzene rings is 2. The van der Waals surface area contributed by atoms with Gasteiger partial charge < -0.3 is 14.8 Å². The van der Waals surface area contributed by atoms with Crippen molar-refractivity contribution in [2.45, 2.75) is 0 Å². The Morgan fingerprint density at radius 3 is 2.48 bits per heavy atom. The predicted molar refractivity (Wildman–Crippen MR) is 93.6 cm³/mol. The number of non-ortho nitro benzene ring substituents is 1. The molecular formula is C18H18N2O5. The number of para-hydroxylation sites is 2. The quantitative estimate of drug-likeness (QED) is 0.345. The fourth-order valence-electron chi connectivity index (χ4n) is 2.01. The first-order valence-electron chi connectivity index (χ1n) is 7.56. The van der Waals surface area contributed by atoms with Crippen LogP contribution in [0.5, 0.6) is 11.5 Å². The van der Waals surface area contributed by atoms with Gasteiger partial charge in [0.2, 0.25) is 5.91 Å². The molecule has 7 nitrogen and oxygen atoms in total. The Labute approximate surface area is 145 Å². The number of hydrogen-bond donors (Lipinski definition) is 1. The first-order valence-corrected chi connectivity index (χ1v) is 7.56. The van der Waals surface area contributed by atoms with Crippen LogP contribution in [-0.4, -0.2) is 31.1 Å². The van der Waals surface area contributed by atoms with E-state index in [1.54, 1.807) is 37.5 Å². The normalized spacial score (nSPS) is 10.4. The lowest BCUT2D eigenvalue weighted by Gasteiger charge is -2.10. The Kier molecular flexibility index (Phi) is 6.53. The number of carbonyl (C=O) groups is 1. The number of carbonyl (C=O) groups excluding carboxylic acids is 1. The fourth-order valence-corrected chi connectivity index (χ4v) is 2.01. The highest BCUT2D eigenvalue weighted by atomic mass is 16.6. The molecule has 1 N–H and O–H groups in total. The van der Waals surface area contributed by atoms with E-state index in [4.69, 9.17) is 9.47 Å². The van der Waals surface area contributed by atoms with Crippen LogP contribution in [0.1, 0.15) is 5.56 Å². The Morgan fingerprint density at radius 2 is 1.84 bits per heavy atom. The van der Waals surface area contributed by atoms with Gasteiger partial charge in [-0.25, -0.2) is 0 Å². The van der Waals surface area contributed by atoms with Crippen molar-refractivity contribution in [3.63, 3.8) is 0 Å². The zero-order valence-corrected chi connectivity index (χ0v) is 13.7. The molecule has 7 heteroatoms. The van der Waals surface area contributed by atoms with Crippen LogP contribution in [-0.2, 0) is 4.79 Å². The molecule has 25 heavy (non-hydrogen) atoms. The van der Waals surface area contributed by atoms with E-state index in [0.29, 0.717) is 30.2 Å². The van der Waals surface area contributed by atoms with E-state index in [0.717, 1.165) is 0 Å². The molecule has 0 saturated carbocycles. The van der Waals surface area contributed by atoms with Crippen LogP contribution in [0.2, 0.25) is 0 Å². The first kappa shape index (κ1) is 18.0. The fraction of sp³-hybridized carbons (Fsp3) is 0.167. The summed E-state index contributed by atoms with van der Waals surface area (Å²) in [6.07, 6.45) is 2.95. The third-order valence-corrected chi connectivity index (χ3v) is 3.26. The topological polar surface area (TPSA) is 90.7 Å². The van der Waals surface area contributed by atoms with E-state index in [9.17, 15) is 14.9 Å². The SMILES string of the molecule is COc1ccccc1OCCNC(=O)C=Cc1ccc([N+](=O)[O-])cc1. The summed E-state index contributed by atoms with van der Waals surface area (Å²) >= 11 is 0. The van der Waals surface area contributed by atoms with Crippen molar-refractivity contribution < 1.29 is 19.2 Å². The van der Waals surface area contributed by atoms with Crippen molar-refractivity contribution in [2.24, 2.45) is 0 Å². The van der Waals surface area contributed by atoms with Gasteiger partial charge in [-0.2, -0.15) is 0 Å². The third kappa shape index (κ3) is 5.65. The molecule has 2 aromatic rings. The number of methoxy groups -OCH3 is 1. The lowest BCUT2D eigenvalue weighted by Crippen LogP contribution is -2.26. The van der Waals surface area contributed by atoms with Crippen LogP contribution < -0.4 is 14.8 Å². The van der Waals surface area contributed by atoms with E-state index < -0.39 is 4.92 Å². The molecule has 0 aromatic heterocycles. The smallest absolute Gasteiger partial charge is 0.269 e. The van der Waals surface area contributed by atoms with Gasteiger partial charge >= 0.3 is 0 Å². The zero-order valence-electron chi connectivity index (χ0n) is 13.7. The summed E-state index contributed by atoms with van der Waals surface area (Å²) in [4.78, 5) is 21.8. The first-order chi connectivity index (χ1) is 12.1. The van der Waals surface area contributed by atoms with E-state index in [1.807, 2.05) is 12.1 Å². The van der Waals surface area contributed by atoms with Crippen molar-refractivity contribution in [1.29, 1.82) is 0 Å².